The molecular weight excluding hydrogens is 280 g/mol. The third-order valence-corrected chi connectivity index (χ3v) is 2.91. The SMILES string of the molecule is CC(=O)c1ccc2ccccc2c1OCCBr. The van der Waals surface area contributed by atoms with Gasteiger partial charge in [0, 0.05) is 10.7 Å². The quantitative estimate of drug-likeness (QED) is 0.633. The molecule has 0 unspecified atom stereocenters. The lowest BCUT2D eigenvalue weighted by Crippen LogP contribution is -2.04. The zero-order valence-electron chi connectivity index (χ0n) is 9.57. The third-order valence-electron chi connectivity index (χ3n) is 2.58. The molecule has 0 spiro atoms. The largest absolute Gasteiger partial charge is 0.491 e. The number of ether oxygens (including phenoxy) is 1. The minimum atomic E-state index is 0.0281. The summed E-state index contributed by atoms with van der Waals surface area (Å²) in [5, 5.41) is 2.82. The van der Waals surface area contributed by atoms with E-state index in [1.807, 2.05) is 36.4 Å². The maximum absolute atomic E-state index is 11.6. The Morgan fingerprint density at radius 3 is 2.71 bits per heavy atom. The number of halogens is 1. The molecule has 3 heteroatoms. The van der Waals surface area contributed by atoms with E-state index in [0.717, 1.165) is 16.1 Å². The molecule has 0 heterocycles. The number of benzene rings is 2. The molecule has 0 radical (unpaired) electrons. The molecule has 0 aliphatic heterocycles. The van der Waals surface area contributed by atoms with Gasteiger partial charge >= 0.3 is 0 Å². The second-order valence-electron chi connectivity index (χ2n) is 3.76. The third kappa shape index (κ3) is 2.50. The molecule has 0 atom stereocenters. The van der Waals surface area contributed by atoms with Gasteiger partial charge in [0.05, 0.1) is 12.2 Å². The molecule has 0 amide bonds. The maximum Gasteiger partial charge on any atom is 0.163 e. The summed E-state index contributed by atoms with van der Waals surface area (Å²) in [5.74, 6) is 0.718. The number of carbonyl (C=O) groups excluding carboxylic acids is 1. The van der Waals surface area contributed by atoms with Crippen molar-refractivity contribution in [3.8, 4) is 5.75 Å². The van der Waals surface area contributed by atoms with Crippen LogP contribution in [0.15, 0.2) is 36.4 Å². The molecule has 0 aromatic heterocycles. The van der Waals surface area contributed by atoms with E-state index in [1.165, 1.54) is 0 Å². The molecule has 0 aliphatic rings. The van der Waals surface area contributed by atoms with Gasteiger partial charge in [0.25, 0.3) is 0 Å². The van der Waals surface area contributed by atoms with Gasteiger partial charge in [0.15, 0.2) is 5.78 Å². The summed E-state index contributed by atoms with van der Waals surface area (Å²) >= 11 is 3.32. The fourth-order valence-corrected chi connectivity index (χ4v) is 1.98. The molecule has 17 heavy (non-hydrogen) atoms. The van der Waals surface area contributed by atoms with E-state index in [-0.39, 0.29) is 5.78 Å². The Bertz CT molecular complexity index is 549. The number of alkyl halides is 1. The molecule has 0 saturated carbocycles. The molecule has 88 valence electrons. The molecule has 2 aromatic carbocycles. The maximum atomic E-state index is 11.6. The van der Waals surface area contributed by atoms with Crippen LogP contribution in [-0.2, 0) is 0 Å². The average molecular weight is 293 g/mol. The minimum Gasteiger partial charge on any atom is -0.491 e. The van der Waals surface area contributed by atoms with Crippen molar-refractivity contribution >= 4 is 32.5 Å². The molecule has 2 rings (SSSR count). The molecule has 2 nitrogen and oxygen atoms in total. The van der Waals surface area contributed by atoms with E-state index >= 15 is 0 Å². The Balaban J connectivity index is 2.61. The summed E-state index contributed by atoms with van der Waals surface area (Å²) in [6, 6.07) is 11.7. The van der Waals surface area contributed by atoms with Crippen LogP contribution in [-0.4, -0.2) is 17.7 Å². The van der Waals surface area contributed by atoms with Crippen LogP contribution in [0.3, 0.4) is 0 Å². The number of hydrogen-bond acceptors (Lipinski definition) is 2. The van der Waals surface area contributed by atoms with Gasteiger partial charge in [0.2, 0.25) is 0 Å². The first kappa shape index (κ1) is 12.1. The van der Waals surface area contributed by atoms with Crippen LogP contribution in [0.25, 0.3) is 10.8 Å². The van der Waals surface area contributed by atoms with E-state index in [0.29, 0.717) is 17.9 Å². The molecule has 0 bridgehead atoms. The van der Waals surface area contributed by atoms with Crippen LogP contribution in [0, 0.1) is 0 Å². The molecule has 0 aliphatic carbocycles. The Hall–Kier alpha value is -1.35. The van der Waals surface area contributed by atoms with Gasteiger partial charge in [-0.15, -0.1) is 0 Å². The molecular formula is C14H13BrO2. The van der Waals surface area contributed by atoms with E-state index in [2.05, 4.69) is 15.9 Å². The molecule has 2 aromatic rings. The molecule has 0 fully saturated rings. The van der Waals surface area contributed by atoms with Gasteiger partial charge in [-0.3, -0.25) is 4.79 Å². The smallest absolute Gasteiger partial charge is 0.163 e. The summed E-state index contributed by atoms with van der Waals surface area (Å²) in [7, 11) is 0. The van der Waals surface area contributed by atoms with Crippen LogP contribution in [0.4, 0.5) is 0 Å². The average Bonchev–Trinajstić information content (AvgIpc) is 2.35. The van der Waals surface area contributed by atoms with Gasteiger partial charge < -0.3 is 4.74 Å². The van der Waals surface area contributed by atoms with Crippen LogP contribution >= 0.6 is 15.9 Å². The zero-order chi connectivity index (χ0) is 12.3. The molecule has 0 saturated heterocycles. The van der Waals surface area contributed by atoms with E-state index in [9.17, 15) is 4.79 Å². The van der Waals surface area contributed by atoms with Crippen molar-refractivity contribution in [2.24, 2.45) is 0 Å². The zero-order valence-corrected chi connectivity index (χ0v) is 11.2. The summed E-state index contributed by atoms with van der Waals surface area (Å²) in [5.41, 5.74) is 0.643. The summed E-state index contributed by atoms with van der Waals surface area (Å²) < 4.78 is 5.69. The number of ketones is 1. The van der Waals surface area contributed by atoms with Crippen molar-refractivity contribution in [1.29, 1.82) is 0 Å². The predicted octanol–water partition coefficient (Wildman–Crippen LogP) is 3.82. The Morgan fingerprint density at radius 2 is 2.00 bits per heavy atom. The fraction of sp³-hybridized carbons (Fsp3) is 0.214. The van der Waals surface area contributed by atoms with Crippen molar-refractivity contribution in [3.05, 3.63) is 42.0 Å². The first-order chi connectivity index (χ1) is 8.24. The summed E-state index contributed by atoms with van der Waals surface area (Å²) in [6.45, 7) is 2.11. The minimum absolute atomic E-state index is 0.0281. The first-order valence-electron chi connectivity index (χ1n) is 5.45. The monoisotopic (exact) mass is 292 g/mol. The van der Waals surface area contributed by atoms with E-state index in [4.69, 9.17) is 4.74 Å². The second kappa shape index (κ2) is 5.32. The van der Waals surface area contributed by atoms with Crippen LogP contribution in [0.2, 0.25) is 0 Å². The van der Waals surface area contributed by atoms with E-state index < -0.39 is 0 Å². The topological polar surface area (TPSA) is 26.3 Å². The van der Waals surface area contributed by atoms with Gasteiger partial charge in [0.1, 0.15) is 5.75 Å². The Kier molecular flexibility index (Phi) is 3.79. The van der Waals surface area contributed by atoms with Crippen molar-refractivity contribution < 1.29 is 9.53 Å². The van der Waals surface area contributed by atoms with E-state index in [1.54, 1.807) is 6.92 Å². The lowest BCUT2D eigenvalue weighted by atomic mass is 10.0. The lowest BCUT2D eigenvalue weighted by molar-refractivity contribution is 0.101. The van der Waals surface area contributed by atoms with Gasteiger partial charge in [-0.1, -0.05) is 46.3 Å². The molecule has 0 N–H and O–H groups in total. The lowest BCUT2D eigenvalue weighted by Gasteiger charge is -2.12. The highest BCUT2D eigenvalue weighted by molar-refractivity contribution is 9.09. The van der Waals surface area contributed by atoms with Gasteiger partial charge in [-0.2, -0.15) is 0 Å². The highest BCUT2D eigenvalue weighted by atomic mass is 79.9. The number of fused-ring (bicyclic) bond motifs is 1. The summed E-state index contributed by atoms with van der Waals surface area (Å²) in [4.78, 5) is 11.6. The fourth-order valence-electron chi connectivity index (χ4n) is 1.82. The predicted molar refractivity (Wildman–Crippen MR) is 73.2 cm³/mol. The highest BCUT2D eigenvalue weighted by Gasteiger charge is 2.11. The van der Waals surface area contributed by atoms with Crippen LogP contribution in [0.1, 0.15) is 17.3 Å². The number of hydrogen-bond donors (Lipinski definition) is 0. The highest BCUT2D eigenvalue weighted by Crippen LogP contribution is 2.30. The Morgan fingerprint density at radius 1 is 1.24 bits per heavy atom. The second-order valence-corrected chi connectivity index (χ2v) is 4.55. The summed E-state index contributed by atoms with van der Waals surface area (Å²) in [6.07, 6.45) is 0. The first-order valence-corrected chi connectivity index (χ1v) is 6.57. The number of carbonyl (C=O) groups is 1. The van der Waals surface area contributed by atoms with Gasteiger partial charge in [-0.05, 0) is 18.4 Å². The van der Waals surface area contributed by atoms with Crippen molar-refractivity contribution in [2.45, 2.75) is 6.92 Å². The van der Waals surface area contributed by atoms with Crippen molar-refractivity contribution in [3.63, 3.8) is 0 Å². The Labute approximate surface area is 109 Å². The standard InChI is InChI=1S/C14H13BrO2/c1-10(16)12-7-6-11-4-2-3-5-13(11)14(12)17-9-8-15/h2-7H,8-9H2,1H3. The van der Waals surface area contributed by atoms with Crippen LogP contribution in [0.5, 0.6) is 5.75 Å². The van der Waals surface area contributed by atoms with Gasteiger partial charge in [-0.25, -0.2) is 0 Å². The van der Waals surface area contributed by atoms with Crippen LogP contribution < -0.4 is 4.74 Å². The number of rotatable bonds is 4. The number of Topliss-reactive ketones (excluding diaryl/α,β-unsaturated/α-hetero) is 1. The normalized spacial score (nSPS) is 10.5. The van der Waals surface area contributed by atoms with Crippen molar-refractivity contribution in [1.82, 2.24) is 0 Å². The van der Waals surface area contributed by atoms with Crippen molar-refractivity contribution in [2.75, 3.05) is 11.9 Å².